The van der Waals surface area contributed by atoms with Crippen molar-refractivity contribution < 1.29 is 19.4 Å². The number of anilines is 1. The van der Waals surface area contributed by atoms with Crippen LogP contribution in [0.15, 0.2) is 48.5 Å². The summed E-state index contributed by atoms with van der Waals surface area (Å²) in [5, 5.41) is 8.80. The summed E-state index contributed by atoms with van der Waals surface area (Å²) in [5.41, 5.74) is 1.93. The molecule has 1 saturated heterocycles. The normalized spacial score (nSPS) is 14.8. The number of benzene rings is 2. The van der Waals surface area contributed by atoms with E-state index in [9.17, 15) is 4.79 Å². The summed E-state index contributed by atoms with van der Waals surface area (Å²) in [6, 6.07) is 15.4. The Morgan fingerprint density at radius 3 is 2.41 bits per heavy atom. The smallest absolute Gasteiger partial charge is 0.307 e. The maximum atomic E-state index is 10.7. The largest absolute Gasteiger partial charge is 0.495 e. The molecule has 2 aromatic rings. The number of piperazine rings is 1. The number of carboxylic acid groups (broad SMARTS) is 1. The first-order chi connectivity index (χ1) is 13.2. The molecule has 0 unspecified atom stereocenters. The summed E-state index contributed by atoms with van der Waals surface area (Å²) in [6.07, 6.45) is 0.0385. The van der Waals surface area contributed by atoms with Crippen molar-refractivity contribution in [2.45, 2.75) is 6.42 Å². The molecule has 0 amide bonds. The fourth-order valence-electron chi connectivity index (χ4n) is 3.27. The SMILES string of the molecule is COc1ccccc1N1CCN(CCOc2ccc(CC(=O)O)cc2)CC1. The minimum absolute atomic E-state index is 0.0385. The number of ether oxygens (including phenoxy) is 2. The third-order valence-corrected chi connectivity index (χ3v) is 4.75. The van der Waals surface area contributed by atoms with E-state index >= 15 is 0 Å². The van der Waals surface area contributed by atoms with Crippen molar-refractivity contribution in [1.82, 2.24) is 4.90 Å². The summed E-state index contributed by atoms with van der Waals surface area (Å²) < 4.78 is 11.3. The number of para-hydroxylation sites is 2. The maximum absolute atomic E-state index is 10.7. The lowest BCUT2D eigenvalue weighted by Crippen LogP contribution is -2.47. The van der Waals surface area contributed by atoms with Gasteiger partial charge in [-0.15, -0.1) is 0 Å². The van der Waals surface area contributed by atoms with Gasteiger partial charge in [-0.3, -0.25) is 9.69 Å². The highest BCUT2D eigenvalue weighted by Gasteiger charge is 2.19. The van der Waals surface area contributed by atoms with Crippen LogP contribution in [-0.2, 0) is 11.2 Å². The monoisotopic (exact) mass is 370 g/mol. The Morgan fingerprint density at radius 1 is 1.04 bits per heavy atom. The molecule has 0 radical (unpaired) electrons. The van der Waals surface area contributed by atoms with Gasteiger partial charge in [0.2, 0.25) is 0 Å². The number of rotatable bonds is 8. The zero-order valence-corrected chi connectivity index (χ0v) is 15.6. The second-order valence-electron chi connectivity index (χ2n) is 6.56. The number of methoxy groups -OCH3 is 1. The number of carboxylic acids is 1. The first-order valence-electron chi connectivity index (χ1n) is 9.19. The van der Waals surface area contributed by atoms with Gasteiger partial charge in [-0.1, -0.05) is 24.3 Å². The lowest BCUT2D eigenvalue weighted by Gasteiger charge is -2.36. The molecule has 1 N–H and O–H groups in total. The number of hydrogen-bond acceptors (Lipinski definition) is 5. The van der Waals surface area contributed by atoms with Crippen LogP contribution in [0, 0.1) is 0 Å². The molecule has 1 heterocycles. The molecular weight excluding hydrogens is 344 g/mol. The van der Waals surface area contributed by atoms with Crippen molar-refractivity contribution in [1.29, 1.82) is 0 Å². The quantitative estimate of drug-likeness (QED) is 0.770. The fourth-order valence-corrected chi connectivity index (χ4v) is 3.27. The molecule has 2 aromatic carbocycles. The molecular formula is C21H26N2O4. The van der Waals surface area contributed by atoms with Crippen molar-refractivity contribution >= 4 is 11.7 Å². The van der Waals surface area contributed by atoms with E-state index in [4.69, 9.17) is 14.6 Å². The summed E-state index contributed by atoms with van der Waals surface area (Å²) in [7, 11) is 1.71. The van der Waals surface area contributed by atoms with Crippen LogP contribution in [0.4, 0.5) is 5.69 Å². The molecule has 0 spiro atoms. The van der Waals surface area contributed by atoms with Gasteiger partial charge in [0.25, 0.3) is 0 Å². The lowest BCUT2D eigenvalue weighted by molar-refractivity contribution is -0.136. The van der Waals surface area contributed by atoms with Crippen LogP contribution in [0.5, 0.6) is 11.5 Å². The van der Waals surface area contributed by atoms with E-state index in [2.05, 4.69) is 15.9 Å². The standard InChI is InChI=1S/C21H26N2O4/c1-26-20-5-3-2-4-19(20)23-12-10-22(11-13-23)14-15-27-18-8-6-17(7-9-18)16-21(24)25/h2-9H,10-16H2,1H3,(H,24,25). The third-order valence-electron chi connectivity index (χ3n) is 4.75. The summed E-state index contributed by atoms with van der Waals surface area (Å²) >= 11 is 0. The van der Waals surface area contributed by atoms with Gasteiger partial charge in [0, 0.05) is 32.7 Å². The van der Waals surface area contributed by atoms with E-state index < -0.39 is 5.97 Å². The first kappa shape index (κ1) is 19.0. The first-order valence-corrected chi connectivity index (χ1v) is 9.19. The highest BCUT2D eigenvalue weighted by atomic mass is 16.5. The molecule has 0 atom stereocenters. The average molecular weight is 370 g/mol. The topological polar surface area (TPSA) is 62.2 Å². The van der Waals surface area contributed by atoms with Gasteiger partial charge in [0.15, 0.2) is 0 Å². The van der Waals surface area contributed by atoms with Gasteiger partial charge in [0.1, 0.15) is 18.1 Å². The molecule has 6 heteroatoms. The molecule has 0 aliphatic carbocycles. The predicted molar refractivity (Wildman–Crippen MR) is 105 cm³/mol. The van der Waals surface area contributed by atoms with Crippen LogP contribution in [0.2, 0.25) is 0 Å². The van der Waals surface area contributed by atoms with Crippen LogP contribution in [-0.4, -0.2) is 62.4 Å². The van der Waals surface area contributed by atoms with Crippen LogP contribution in [0.1, 0.15) is 5.56 Å². The summed E-state index contributed by atoms with van der Waals surface area (Å²) in [5.74, 6) is 0.869. The zero-order chi connectivity index (χ0) is 19.1. The Balaban J connectivity index is 1.41. The molecule has 144 valence electrons. The van der Waals surface area contributed by atoms with Crippen LogP contribution < -0.4 is 14.4 Å². The second-order valence-corrected chi connectivity index (χ2v) is 6.56. The predicted octanol–water partition coefficient (Wildman–Crippen LogP) is 2.52. The number of carbonyl (C=O) groups is 1. The highest BCUT2D eigenvalue weighted by Crippen LogP contribution is 2.28. The Bertz CT molecular complexity index is 740. The van der Waals surface area contributed by atoms with Gasteiger partial charge >= 0.3 is 5.97 Å². The van der Waals surface area contributed by atoms with E-state index in [1.807, 2.05) is 30.3 Å². The molecule has 27 heavy (non-hydrogen) atoms. The maximum Gasteiger partial charge on any atom is 0.307 e. The van der Waals surface area contributed by atoms with Crippen molar-refractivity contribution in [3.8, 4) is 11.5 Å². The van der Waals surface area contributed by atoms with E-state index in [1.165, 1.54) is 0 Å². The van der Waals surface area contributed by atoms with Crippen molar-refractivity contribution in [3.63, 3.8) is 0 Å². The van der Waals surface area contributed by atoms with Gasteiger partial charge in [-0.05, 0) is 29.8 Å². The van der Waals surface area contributed by atoms with Gasteiger partial charge in [0.05, 0.1) is 19.2 Å². The number of nitrogens with zero attached hydrogens (tertiary/aromatic N) is 2. The second kappa shape index (κ2) is 9.28. The molecule has 6 nitrogen and oxygen atoms in total. The zero-order valence-electron chi connectivity index (χ0n) is 15.6. The van der Waals surface area contributed by atoms with Crippen molar-refractivity contribution in [2.24, 2.45) is 0 Å². The van der Waals surface area contributed by atoms with Crippen LogP contribution in [0.3, 0.4) is 0 Å². The Kier molecular flexibility index (Phi) is 6.54. The molecule has 1 aliphatic heterocycles. The van der Waals surface area contributed by atoms with Gasteiger partial charge in [-0.2, -0.15) is 0 Å². The van der Waals surface area contributed by atoms with E-state index in [1.54, 1.807) is 19.2 Å². The van der Waals surface area contributed by atoms with Crippen LogP contribution >= 0.6 is 0 Å². The van der Waals surface area contributed by atoms with E-state index in [0.717, 1.165) is 55.5 Å². The van der Waals surface area contributed by atoms with Gasteiger partial charge < -0.3 is 19.5 Å². The van der Waals surface area contributed by atoms with E-state index in [-0.39, 0.29) is 6.42 Å². The Labute approximate surface area is 159 Å². The molecule has 0 saturated carbocycles. The number of hydrogen-bond donors (Lipinski definition) is 1. The minimum atomic E-state index is -0.823. The summed E-state index contributed by atoms with van der Waals surface area (Å²) in [6.45, 7) is 5.38. The van der Waals surface area contributed by atoms with Crippen molar-refractivity contribution in [3.05, 3.63) is 54.1 Å². The van der Waals surface area contributed by atoms with Crippen molar-refractivity contribution in [2.75, 3.05) is 51.3 Å². The Morgan fingerprint density at radius 2 is 1.74 bits per heavy atom. The molecule has 1 aliphatic rings. The summed E-state index contributed by atoms with van der Waals surface area (Å²) in [4.78, 5) is 15.5. The minimum Gasteiger partial charge on any atom is -0.495 e. The average Bonchev–Trinajstić information content (AvgIpc) is 2.69. The number of aliphatic carboxylic acids is 1. The third kappa shape index (κ3) is 5.37. The highest BCUT2D eigenvalue weighted by molar-refractivity contribution is 5.70. The molecule has 1 fully saturated rings. The van der Waals surface area contributed by atoms with E-state index in [0.29, 0.717) is 6.61 Å². The fraction of sp³-hybridized carbons (Fsp3) is 0.381. The molecule has 3 rings (SSSR count). The van der Waals surface area contributed by atoms with Crippen LogP contribution in [0.25, 0.3) is 0 Å². The van der Waals surface area contributed by atoms with Gasteiger partial charge in [-0.25, -0.2) is 0 Å². The Hall–Kier alpha value is -2.73. The lowest BCUT2D eigenvalue weighted by atomic mass is 10.1. The molecule has 0 bridgehead atoms. The molecule has 0 aromatic heterocycles.